The molecule has 0 fully saturated rings. The van der Waals surface area contributed by atoms with Crippen LogP contribution in [0.5, 0.6) is 0 Å². The van der Waals surface area contributed by atoms with E-state index in [9.17, 15) is 4.79 Å². The minimum absolute atomic E-state index is 0.125. The van der Waals surface area contributed by atoms with E-state index in [1.807, 2.05) is 0 Å². The first kappa shape index (κ1) is 10.3. The molecule has 0 atom stereocenters. The number of tetrazole rings is 1. The smallest absolute Gasteiger partial charge is 0.339 e. The number of aromatic nitrogens is 7. The van der Waals surface area contributed by atoms with Gasteiger partial charge in [-0.2, -0.15) is 9.61 Å². The van der Waals surface area contributed by atoms with Gasteiger partial charge in [0.2, 0.25) is 0 Å². The SMILES string of the molecule is Cc1nn(-c2cncc3nnnn23)cc1C(=O)O. The number of hydrogen-bond acceptors (Lipinski definition) is 6. The molecule has 0 bridgehead atoms. The fraction of sp³-hybridized carbons (Fsp3) is 0.111. The van der Waals surface area contributed by atoms with E-state index in [4.69, 9.17) is 5.11 Å². The monoisotopic (exact) mass is 245 g/mol. The average Bonchev–Trinajstić information content (AvgIpc) is 2.94. The first-order chi connectivity index (χ1) is 8.66. The Kier molecular flexibility index (Phi) is 2.06. The van der Waals surface area contributed by atoms with Crippen LogP contribution in [0.4, 0.5) is 0 Å². The van der Waals surface area contributed by atoms with Crippen LogP contribution in [0.3, 0.4) is 0 Å². The number of fused-ring (bicyclic) bond motifs is 1. The van der Waals surface area contributed by atoms with E-state index in [0.29, 0.717) is 17.2 Å². The highest BCUT2D eigenvalue weighted by Gasteiger charge is 2.14. The highest BCUT2D eigenvalue weighted by Crippen LogP contribution is 2.11. The fourth-order valence-corrected chi connectivity index (χ4v) is 1.61. The van der Waals surface area contributed by atoms with Crippen molar-refractivity contribution in [3.8, 4) is 5.82 Å². The van der Waals surface area contributed by atoms with Gasteiger partial charge in [0, 0.05) is 6.20 Å². The Balaban J connectivity index is 2.23. The van der Waals surface area contributed by atoms with Crippen LogP contribution in [0.25, 0.3) is 11.5 Å². The molecule has 0 amide bonds. The standard InChI is InChI=1S/C9H7N7O2/c1-5-6(9(17)18)4-15(12-5)8-3-10-2-7-11-13-14-16(7)8/h2-4H,1H3,(H,17,18). The summed E-state index contributed by atoms with van der Waals surface area (Å²) in [5.41, 5.74) is 0.991. The Morgan fingerprint density at radius 2 is 2.22 bits per heavy atom. The number of rotatable bonds is 2. The van der Waals surface area contributed by atoms with Crippen LogP contribution >= 0.6 is 0 Å². The third-order valence-corrected chi connectivity index (χ3v) is 2.45. The molecular formula is C9H7N7O2. The molecular weight excluding hydrogens is 238 g/mol. The lowest BCUT2D eigenvalue weighted by atomic mass is 10.3. The van der Waals surface area contributed by atoms with E-state index in [0.717, 1.165) is 0 Å². The Hall–Kier alpha value is -2.84. The van der Waals surface area contributed by atoms with Crippen molar-refractivity contribution in [2.45, 2.75) is 6.92 Å². The van der Waals surface area contributed by atoms with Gasteiger partial charge in [-0.15, -0.1) is 5.10 Å². The van der Waals surface area contributed by atoms with Gasteiger partial charge in [0.1, 0.15) is 5.56 Å². The van der Waals surface area contributed by atoms with E-state index >= 15 is 0 Å². The summed E-state index contributed by atoms with van der Waals surface area (Å²) in [7, 11) is 0. The van der Waals surface area contributed by atoms with Gasteiger partial charge in [0.15, 0.2) is 11.5 Å². The lowest BCUT2D eigenvalue weighted by Crippen LogP contribution is -2.05. The molecule has 0 saturated heterocycles. The largest absolute Gasteiger partial charge is 0.478 e. The maximum absolute atomic E-state index is 11.0. The third kappa shape index (κ3) is 1.41. The van der Waals surface area contributed by atoms with Crippen molar-refractivity contribution >= 4 is 11.6 Å². The van der Waals surface area contributed by atoms with Crippen molar-refractivity contribution in [3.05, 3.63) is 29.8 Å². The molecule has 90 valence electrons. The van der Waals surface area contributed by atoms with Gasteiger partial charge in [-0.25, -0.2) is 9.48 Å². The Morgan fingerprint density at radius 3 is 2.94 bits per heavy atom. The van der Waals surface area contributed by atoms with Crippen molar-refractivity contribution in [3.63, 3.8) is 0 Å². The normalized spacial score (nSPS) is 10.9. The molecule has 0 aliphatic carbocycles. The molecule has 1 N–H and O–H groups in total. The van der Waals surface area contributed by atoms with Crippen molar-refractivity contribution in [1.82, 2.24) is 34.8 Å². The van der Waals surface area contributed by atoms with E-state index < -0.39 is 5.97 Å². The first-order valence-electron chi connectivity index (χ1n) is 4.99. The summed E-state index contributed by atoms with van der Waals surface area (Å²) in [6.07, 6.45) is 4.40. The van der Waals surface area contributed by atoms with Gasteiger partial charge in [-0.05, 0) is 17.4 Å². The molecule has 0 aromatic carbocycles. The van der Waals surface area contributed by atoms with Crippen LogP contribution in [-0.4, -0.2) is 45.9 Å². The number of nitrogens with zero attached hydrogens (tertiary/aromatic N) is 7. The predicted octanol–water partition coefficient (Wildman–Crippen LogP) is -0.288. The lowest BCUT2D eigenvalue weighted by molar-refractivity contribution is 0.0696. The summed E-state index contributed by atoms with van der Waals surface area (Å²) in [6.45, 7) is 1.62. The number of carbonyl (C=O) groups is 1. The Morgan fingerprint density at radius 1 is 1.39 bits per heavy atom. The summed E-state index contributed by atoms with van der Waals surface area (Å²) in [5.74, 6) is -0.566. The number of aromatic carboxylic acids is 1. The first-order valence-corrected chi connectivity index (χ1v) is 4.99. The summed E-state index contributed by atoms with van der Waals surface area (Å²) in [4.78, 5) is 14.9. The van der Waals surface area contributed by atoms with Crippen molar-refractivity contribution in [1.29, 1.82) is 0 Å². The molecule has 0 saturated carbocycles. The second kappa shape index (κ2) is 3.58. The van der Waals surface area contributed by atoms with E-state index in [1.165, 1.54) is 27.8 Å². The maximum Gasteiger partial charge on any atom is 0.339 e. The average molecular weight is 245 g/mol. The quantitative estimate of drug-likeness (QED) is 0.660. The molecule has 0 unspecified atom stereocenters. The topological polar surface area (TPSA) is 111 Å². The number of carboxylic acid groups (broad SMARTS) is 1. The van der Waals surface area contributed by atoms with Gasteiger partial charge in [-0.1, -0.05) is 0 Å². The second-order valence-corrected chi connectivity index (χ2v) is 3.59. The van der Waals surface area contributed by atoms with Crippen LogP contribution in [0.1, 0.15) is 16.1 Å². The zero-order chi connectivity index (χ0) is 12.7. The predicted molar refractivity (Wildman–Crippen MR) is 57.4 cm³/mol. The summed E-state index contributed by atoms with van der Waals surface area (Å²) in [6, 6.07) is 0. The van der Waals surface area contributed by atoms with Crippen LogP contribution in [0.15, 0.2) is 18.6 Å². The molecule has 3 heterocycles. The number of carboxylic acids is 1. The third-order valence-electron chi connectivity index (χ3n) is 2.45. The molecule has 9 nitrogen and oxygen atoms in total. The van der Waals surface area contributed by atoms with E-state index in [-0.39, 0.29) is 5.56 Å². The zero-order valence-corrected chi connectivity index (χ0v) is 9.22. The van der Waals surface area contributed by atoms with Crippen LogP contribution in [0, 0.1) is 6.92 Å². The molecule has 3 aromatic rings. The molecule has 9 heteroatoms. The summed E-state index contributed by atoms with van der Waals surface area (Å²) < 4.78 is 2.81. The fourth-order valence-electron chi connectivity index (χ4n) is 1.61. The summed E-state index contributed by atoms with van der Waals surface area (Å²) in [5, 5.41) is 24.1. The van der Waals surface area contributed by atoms with Gasteiger partial charge in [-0.3, -0.25) is 4.98 Å². The Labute approximate surface area is 99.7 Å². The van der Waals surface area contributed by atoms with Gasteiger partial charge in [0.25, 0.3) is 0 Å². The van der Waals surface area contributed by atoms with Crippen molar-refractivity contribution in [2.24, 2.45) is 0 Å². The van der Waals surface area contributed by atoms with Crippen LogP contribution in [-0.2, 0) is 0 Å². The minimum atomic E-state index is -1.03. The second-order valence-electron chi connectivity index (χ2n) is 3.59. The minimum Gasteiger partial charge on any atom is -0.478 e. The summed E-state index contributed by atoms with van der Waals surface area (Å²) >= 11 is 0. The number of aryl methyl sites for hydroxylation is 1. The molecule has 18 heavy (non-hydrogen) atoms. The lowest BCUT2D eigenvalue weighted by Gasteiger charge is -2.00. The Bertz CT molecular complexity index is 744. The molecule has 3 aromatic heterocycles. The maximum atomic E-state index is 11.0. The van der Waals surface area contributed by atoms with Gasteiger partial charge >= 0.3 is 5.97 Å². The number of hydrogen-bond donors (Lipinski definition) is 1. The van der Waals surface area contributed by atoms with Crippen LogP contribution in [0.2, 0.25) is 0 Å². The van der Waals surface area contributed by atoms with Crippen molar-refractivity contribution < 1.29 is 9.90 Å². The molecule has 0 spiro atoms. The highest BCUT2D eigenvalue weighted by atomic mass is 16.4. The van der Waals surface area contributed by atoms with Crippen LogP contribution < -0.4 is 0 Å². The van der Waals surface area contributed by atoms with E-state index in [1.54, 1.807) is 6.92 Å². The highest BCUT2D eigenvalue weighted by molar-refractivity contribution is 5.88. The molecule has 0 aliphatic rings. The zero-order valence-electron chi connectivity index (χ0n) is 9.22. The van der Waals surface area contributed by atoms with E-state index in [2.05, 4.69) is 25.6 Å². The molecule has 0 radical (unpaired) electrons. The van der Waals surface area contributed by atoms with Gasteiger partial charge < -0.3 is 5.11 Å². The van der Waals surface area contributed by atoms with Gasteiger partial charge in [0.05, 0.1) is 18.1 Å². The molecule has 0 aliphatic heterocycles. The van der Waals surface area contributed by atoms with Crippen molar-refractivity contribution in [2.75, 3.05) is 0 Å². The molecule has 3 rings (SSSR count).